The Balaban J connectivity index is 1.93. The molecule has 10 heteroatoms. The minimum Gasteiger partial charge on any atom is -0.504 e. The topological polar surface area (TPSA) is 169 Å². The zero-order valence-corrected chi connectivity index (χ0v) is 15.3. The maximum atomic E-state index is 10.1. The number of hydrogen-bond acceptors (Lipinski definition) is 10. The molecule has 1 aromatic rings. The summed E-state index contributed by atoms with van der Waals surface area (Å²) in [6.45, 7) is -1.27. The van der Waals surface area contributed by atoms with Crippen molar-refractivity contribution in [2.45, 2.75) is 49.7 Å². The third-order valence-corrected chi connectivity index (χ3v) is 4.44. The largest absolute Gasteiger partial charge is 0.504 e. The Bertz CT molecular complexity index is 596. The van der Waals surface area contributed by atoms with Crippen molar-refractivity contribution >= 4 is 0 Å². The molecule has 0 radical (unpaired) electrons. The number of phenols is 1. The molecule has 6 unspecified atom stereocenters. The highest BCUT2D eigenvalue weighted by Gasteiger charge is 2.44. The Labute approximate surface area is 162 Å². The number of benzene rings is 1. The molecule has 0 bridgehead atoms. The van der Waals surface area contributed by atoms with Crippen molar-refractivity contribution in [1.29, 1.82) is 0 Å². The first-order valence-corrected chi connectivity index (χ1v) is 9.03. The Kier molecular flexibility index (Phi) is 8.86. The fourth-order valence-corrected chi connectivity index (χ4v) is 2.81. The Morgan fingerprint density at radius 3 is 2.39 bits per heavy atom. The standard InChI is InChI=1S/C18H28O10/c19-5-1-2-10-3-4-13(12(22)6-10)27-11(7-20)9-26-18-17(25)16(24)15(23)14(8-21)28-18/h3-4,6,11,14-25H,1-2,5,7-9H2. The lowest BCUT2D eigenvalue weighted by Gasteiger charge is -2.39. The summed E-state index contributed by atoms with van der Waals surface area (Å²) in [6, 6.07) is 4.74. The van der Waals surface area contributed by atoms with E-state index in [1.54, 1.807) is 6.07 Å². The average Bonchev–Trinajstić information content (AvgIpc) is 2.70. The third kappa shape index (κ3) is 5.75. The van der Waals surface area contributed by atoms with E-state index in [9.17, 15) is 25.5 Å². The van der Waals surface area contributed by atoms with Crippen molar-refractivity contribution in [2.75, 3.05) is 26.4 Å². The lowest BCUT2D eigenvalue weighted by Crippen LogP contribution is -2.59. The van der Waals surface area contributed by atoms with Crippen LogP contribution in [-0.2, 0) is 15.9 Å². The molecule has 10 nitrogen and oxygen atoms in total. The summed E-state index contributed by atoms with van der Waals surface area (Å²) in [5, 5.41) is 67.0. The Hall–Kier alpha value is -1.50. The van der Waals surface area contributed by atoms with E-state index in [-0.39, 0.29) is 24.7 Å². The molecule has 6 atom stereocenters. The summed E-state index contributed by atoms with van der Waals surface area (Å²) in [6.07, 6.45) is -6.83. The van der Waals surface area contributed by atoms with Gasteiger partial charge in [-0.25, -0.2) is 0 Å². The van der Waals surface area contributed by atoms with Crippen LogP contribution in [0.2, 0.25) is 0 Å². The van der Waals surface area contributed by atoms with Crippen molar-refractivity contribution < 1.29 is 50.0 Å². The van der Waals surface area contributed by atoms with Crippen LogP contribution in [0.3, 0.4) is 0 Å². The van der Waals surface area contributed by atoms with Gasteiger partial charge in [0.2, 0.25) is 0 Å². The molecule has 0 aromatic heterocycles. The molecule has 1 aliphatic heterocycles. The van der Waals surface area contributed by atoms with Crippen LogP contribution in [0.15, 0.2) is 18.2 Å². The zero-order valence-electron chi connectivity index (χ0n) is 15.3. The van der Waals surface area contributed by atoms with Crippen molar-refractivity contribution in [1.82, 2.24) is 0 Å². The van der Waals surface area contributed by atoms with Crippen LogP contribution < -0.4 is 4.74 Å². The molecule has 0 amide bonds. The molecule has 0 saturated carbocycles. The van der Waals surface area contributed by atoms with Gasteiger partial charge in [-0.2, -0.15) is 0 Å². The number of phenolic OH excluding ortho intramolecular Hbond substituents is 1. The summed E-state index contributed by atoms with van der Waals surface area (Å²) in [5.41, 5.74) is 0.817. The monoisotopic (exact) mass is 404 g/mol. The average molecular weight is 404 g/mol. The molecular weight excluding hydrogens is 376 g/mol. The van der Waals surface area contributed by atoms with E-state index in [2.05, 4.69) is 0 Å². The molecular formula is C18H28O10. The van der Waals surface area contributed by atoms with Gasteiger partial charge in [0.15, 0.2) is 17.8 Å². The molecule has 1 aliphatic rings. The molecule has 1 heterocycles. The van der Waals surface area contributed by atoms with Gasteiger partial charge in [0.05, 0.1) is 19.8 Å². The predicted octanol–water partition coefficient (Wildman–Crippen LogP) is -2.13. The van der Waals surface area contributed by atoms with Crippen molar-refractivity contribution in [3.63, 3.8) is 0 Å². The van der Waals surface area contributed by atoms with Crippen LogP contribution in [0.25, 0.3) is 0 Å². The molecule has 1 fully saturated rings. The summed E-state index contributed by atoms with van der Waals surface area (Å²) >= 11 is 0. The summed E-state index contributed by atoms with van der Waals surface area (Å²) in [7, 11) is 0. The van der Waals surface area contributed by atoms with Gasteiger partial charge in [-0.1, -0.05) is 6.07 Å². The number of aliphatic hydroxyl groups is 6. The summed E-state index contributed by atoms with van der Waals surface area (Å²) in [4.78, 5) is 0. The van der Waals surface area contributed by atoms with Gasteiger partial charge in [-0.15, -0.1) is 0 Å². The van der Waals surface area contributed by atoms with E-state index in [1.165, 1.54) is 12.1 Å². The quantitative estimate of drug-likeness (QED) is 0.229. The highest BCUT2D eigenvalue weighted by atomic mass is 16.7. The molecule has 160 valence electrons. The first-order valence-electron chi connectivity index (χ1n) is 9.03. The second kappa shape index (κ2) is 10.9. The van der Waals surface area contributed by atoms with Crippen LogP contribution in [-0.4, -0.2) is 99.0 Å². The van der Waals surface area contributed by atoms with Crippen LogP contribution in [0.5, 0.6) is 11.5 Å². The minimum absolute atomic E-state index is 0.0426. The first-order chi connectivity index (χ1) is 13.4. The van der Waals surface area contributed by atoms with Crippen LogP contribution in [0.4, 0.5) is 0 Å². The number of aryl methyl sites for hydroxylation is 1. The van der Waals surface area contributed by atoms with E-state index in [0.29, 0.717) is 12.8 Å². The van der Waals surface area contributed by atoms with E-state index in [0.717, 1.165) is 5.56 Å². The number of aliphatic hydroxyl groups excluding tert-OH is 6. The number of ether oxygens (including phenoxy) is 3. The van der Waals surface area contributed by atoms with Gasteiger partial charge in [-0.05, 0) is 30.5 Å². The number of aromatic hydroxyl groups is 1. The number of hydrogen-bond donors (Lipinski definition) is 7. The van der Waals surface area contributed by atoms with Crippen molar-refractivity contribution in [2.24, 2.45) is 0 Å². The van der Waals surface area contributed by atoms with Crippen molar-refractivity contribution in [3.05, 3.63) is 23.8 Å². The van der Waals surface area contributed by atoms with E-state index < -0.39 is 50.0 Å². The zero-order chi connectivity index (χ0) is 20.7. The van der Waals surface area contributed by atoms with Crippen molar-refractivity contribution in [3.8, 4) is 11.5 Å². The van der Waals surface area contributed by atoms with Gasteiger partial charge in [0.25, 0.3) is 0 Å². The summed E-state index contributed by atoms with van der Waals surface area (Å²) < 4.78 is 16.1. The van der Waals surface area contributed by atoms with Crippen LogP contribution >= 0.6 is 0 Å². The Morgan fingerprint density at radius 1 is 1.04 bits per heavy atom. The predicted molar refractivity (Wildman–Crippen MR) is 94.7 cm³/mol. The SMILES string of the molecule is OCCCc1ccc(OC(CO)COC2OC(CO)C(O)C(O)C2O)c(O)c1. The van der Waals surface area contributed by atoms with E-state index in [1.807, 2.05) is 0 Å². The van der Waals surface area contributed by atoms with Gasteiger partial charge >= 0.3 is 0 Å². The van der Waals surface area contributed by atoms with Gasteiger partial charge < -0.3 is 50.0 Å². The lowest BCUT2D eigenvalue weighted by atomic mass is 9.99. The second-order valence-electron chi connectivity index (χ2n) is 6.58. The maximum Gasteiger partial charge on any atom is 0.186 e. The molecule has 28 heavy (non-hydrogen) atoms. The fraction of sp³-hybridized carbons (Fsp3) is 0.667. The van der Waals surface area contributed by atoms with Gasteiger partial charge in [0, 0.05) is 6.61 Å². The molecule has 0 aliphatic carbocycles. The van der Waals surface area contributed by atoms with Gasteiger partial charge in [-0.3, -0.25) is 0 Å². The van der Waals surface area contributed by atoms with Crippen LogP contribution in [0.1, 0.15) is 12.0 Å². The highest BCUT2D eigenvalue weighted by Crippen LogP contribution is 2.29. The highest BCUT2D eigenvalue weighted by molar-refractivity contribution is 5.42. The first kappa shape index (κ1) is 22.8. The third-order valence-electron chi connectivity index (χ3n) is 4.44. The number of rotatable bonds is 10. The second-order valence-corrected chi connectivity index (χ2v) is 6.58. The lowest BCUT2D eigenvalue weighted by molar-refractivity contribution is -0.304. The van der Waals surface area contributed by atoms with Gasteiger partial charge in [0.1, 0.15) is 30.5 Å². The smallest absolute Gasteiger partial charge is 0.186 e. The maximum absolute atomic E-state index is 10.1. The molecule has 1 aromatic carbocycles. The fourth-order valence-electron chi connectivity index (χ4n) is 2.81. The summed E-state index contributed by atoms with van der Waals surface area (Å²) in [5.74, 6) is -0.0223. The van der Waals surface area contributed by atoms with E-state index in [4.69, 9.17) is 24.4 Å². The van der Waals surface area contributed by atoms with E-state index >= 15 is 0 Å². The molecule has 2 rings (SSSR count). The molecule has 7 N–H and O–H groups in total. The molecule has 1 saturated heterocycles. The minimum atomic E-state index is -1.57. The Morgan fingerprint density at radius 2 is 1.79 bits per heavy atom. The van der Waals surface area contributed by atoms with Crippen LogP contribution in [0, 0.1) is 0 Å². The molecule has 0 spiro atoms. The normalized spacial score (nSPS) is 28.9.